The van der Waals surface area contributed by atoms with E-state index in [2.05, 4.69) is 0 Å². The van der Waals surface area contributed by atoms with E-state index in [4.69, 9.17) is 23.2 Å². The summed E-state index contributed by atoms with van der Waals surface area (Å²) in [6.07, 6.45) is 9.26. The second kappa shape index (κ2) is 5.27. The molecule has 1 aliphatic carbocycles. The summed E-state index contributed by atoms with van der Waals surface area (Å²) in [7, 11) is 0. The maximum Gasteiger partial charge on any atom is 0.107 e. The largest absolute Gasteiger partial charge is 0.107 e. The summed E-state index contributed by atoms with van der Waals surface area (Å²) >= 11 is 11.2. The molecule has 0 spiro atoms. The molecule has 1 saturated carbocycles. The van der Waals surface area contributed by atoms with Crippen LogP contribution in [-0.2, 0) is 0 Å². The van der Waals surface area contributed by atoms with Crippen LogP contribution in [0.5, 0.6) is 0 Å². The molecule has 0 radical (unpaired) electrons. The second-order valence-corrected chi connectivity index (χ2v) is 4.75. The van der Waals surface area contributed by atoms with Gasteiger partial charge < -0.3 is 0 Å². The number of halogens is 2. The van der Waals surface area contributed by atoms with Crippen molar-refractivity contribution in [1.29, 1.82) is 0 Å². The lowest BCUT2D eigenvalue weighted by molar-refractivity contribution is 0.594. The highest BCUT2D eigenvalue weighted by atomic mass is 35.5. The lowest BCUT2D eigenvalue weighted by atomic mass is 10.1. The molecule has 0 aliphatic heterocycles. The number of hydrogen-bond donors (Lipinski definition) is 0. The van der Waals surface area contributed by atoms with Gasteiger partial charge in [0.15, 0.2) is 0 Å². The predicted octanol–water partition coefficient (Wildman–Crippen LogP) is 4.15. The van der Waals surface area contributed by atoms with Gasteiger partial charge in [-0.3, -0.25) is 0 Å². The van der Waals surface area contributed by atoms with Gasteiger partial charge in [0.05, 0.1) is 0 Å². The summed E-state index contributed by atoms with van der Waals surface area (Å²) < 4.78 is 0. The van der Waals surface area contributed by atoms with Crippen LogP contribution in [0.15, 0.2) is 0 Å². The average Bonchev–Trinajstić information content (AvgIpc) is 2.70. The van der Waals surface area contributed by atoms with E-state index < -0.39 is 0 Å². The first-order valence-corrected chi connectivity index (χ1v) is 5.44. The summed E-state index contributed by atoms with van der Waals surface area (Å²) in [5.74, 6) is 1.08. The van der Waals surface area contributed by atoms with Gasteiger partial charge >= 0.3 is 0 Å². The molecule has 0 aromatic heterocycles. The van der Waals surface area contributed by atoms with Gasteiger partial charge in [-0.15, -0.1) is 23.2 Å². The van der Waals surface area contributed by atoms with Gasteiger partial charge in [-0.1, -0.05) is 38.5 Å². The summed E-state index contributed by atoms with van der Waals surface area (Å²) in [5, 5.41) is 0. The SMILES string of the molecule is ClC(Cl)CCCCCC1CC1. The third kappa shape index (κ3) is 5.81. The number of unbranched alkanes of at least 4 members (excludes halogenated alkanes) is 2. The van der Waals surface area contributed by atoms with E-state index in [0.29, 0.717) is 0 Å². The minimum absolute atomic E-state index is 0.143. The smallest absolute Gasteiger partial charge is 0.105 e. The van der Waals surface area contributed by atoms with Gasteiger partial charge in [-0.25, -0.2) is 0 Å². The Bertz CT molecular complexity index is 93.7. The second-order valence-electron chi connectivity index (χ2n) is 3.47. The molecule has 0 amide bonds. The van der Waals surface area contributed by atoms with Crippen LogP contribution in [0.2, 0.25) is 0 Å². The molecule has 2 heteroatoms. The molecular formula is C9H16Cl2. The summed E-state index contributed by atoms with van der Waals surface area (Å²) in [4.78, 5) is -0.143. The molecule has 11 heavy (non-hydrogen) atoms. The fraction of sp³-hybridized carbons (Fsp3) is 1.00. The van der Waals surface area contributed by atoms with Gasteiger partial charge in [0.1, 0.15) is 4.84 Å². The Morgan fingerprint density at radius 1 is 1.09 bits per heavy atom. The minimum atomic E-state index is -0.143. The molecule has 0 aromatic carbocycles. The zero-order valence-corrected chi connectivity index (χ0v) is 8.37. The molecule has 1 fully saturated rings. The molecular weight excluding hydrogens is 179 g/mol. The molecule has 0 aromatic rings. The fourth-order valence-electron chi connectivity index (χ4n) is 1.31. The van der Waals surface area contributed by atoms with Gasteiger partial charge in [-0.05, 0) is 12.3 Å². The van der Waals surface area contributed by atoms with E-state index in [1.54, 1.807) is 0 Å². The zero-order valence-electron chi connectivity index (χ0n) is 6.86. The Labute approximate surface area is 79.3 Å². The fourth-order valence-corrected chi connectivity index (χ4v) is 1.62. The van der Waals surface area contributed by atoms with Crippen LogP contribution < -0.4 is 0 Å². The van der Waals surface area contributed by atoms with Crippen LogP contribution in [-0.4, -0.2) is 4.84 Å². The lowest BCUT2D eigenvalue weighted by Gasteiger charge is -2.00. The van der Waals surface area contributed by atoms with E-state index in [-0.39, 0.29) is 4.84 Å². The third-order valence-corrected chi connectivity index (χ3v) is 2.67. The molecule has 0 saturated heterocycles. The number of hydrogen-bond acceptors (Lipinski definition) is 0. The third-order valence-electron chi connectivity index (χ3n) is 2.23. The van der Waals surface area contributed by atoms with E-state index in [9.17, 15) is 0 Å². The van der Waals surface area contributed by atoms with Crippen molar-refractivity contribution in [3.63, 3.8) is 0 Å². The highest BCUT2D eigenvalue weighted by molar-refractivity contribution is 6.44. The van der Waals surface area contributed by atoms with Crippen molar-refractivity contribution in [1.82, 2.24) is 0 Å². The van der Waals surface area contributed by atoms with Crippen LogP contribution in [0.25, 0.3) is 0 Å². The maximum absolute atomic E-state index is 5.60. The molecule has 66 valence electrons. The molecule has 0 nitrogen and oxygen atoms in total. The number of rotatable bonds is 6. The van der Waals surface area contributed by atoms with E-state index in [1.807, 2.05) is 0 Å². The Morgan fingerprint density at radius 2 is 1.82 bits per heavy atom. The van der Waals surface area contributed by atoms with E-state index in [1.165, 1.54) is 38.5 Å². The Morgan fingerprint density at radius 3 is 2.36 bits per heavy atom. The van der Waals surface area contributed by atoms with Crippen molar-refractivity contribution in [3.8, 4) is 0 Å². The van der Waals surface area contributed by atoms with Gasteiger partial charge in [0.25, 0.3) is 0 Å². The molecule has 0 atom stereocenters. The van der Waals surface area contributed by atoms with Gasteiger partial charge in [0.2, 0.25) is 0 Å². The first-order valence-electron chi connectivity index (χ1n) is 4.57. The van der Waals surface area contributed by atoms with Crippen LogP contribution in [0.3, 0.4) is 0 Å². The standard InChI is InChI=1S/C9H16Cl2/c10-9(11)5-3-1-2-4-8-6-7-8/h8-9H,1-7H2. The first kappa shape index (κ1) is 9.67. The highest BCUT2D eigenvalue weighted by Crippen LogP contribution is 2.34. The Hall–Kier alpha value is 0.580. The van der Waals surface area contributed by atoms with Crippen LogP contribution >= 0.6 is 23.2 Å². The molecule has 1 rings (SSSR count). The van der Waals surface area contributed by atoms with Crippen LogP contribution in [0, 0.1) is 5.92 Å². The Balaban J connectivity index is 1.73. The number of alkyl halides is 2. The quantitative estimate of drug-likeness (QED) is 0.441. The van der Waals surface area contributed by atoms with Crippen molar-refractivity contribution >= 4 is 23.2 Å². The lowest BCUT2D eigenvalue weighted by Crippen LogP contribution is -1.87. The average molecular weight is 195 g/mol. The highest BCUT2D eigenvalue weighted by Gasteiger charge is 2.19. The van der Waals surface area contributed by atoms with Gasteiger partial charge in [0, 0.05) is 0 Å². The summed E-state index contributed by atoms with van der Waals surface area (Å²) in [5.41, 5.74) is 0. The van der Waals surface area contributed by atoms with Crippen molar-refractivity contribution in [2.75, 3.05) is 0 Å². The van der Waals surface area contributed by atoms with Crippen molar-refractivity contribution < 1.29 is 0 Å². The molecule has 0 unspecified atom stereocenters. The van der Waals surface area contributed by atoms with E-state index in [0.717, 1.165) is 12.3 Å². The summed E-state index contributed by atoms with van der Waals surface area (Å²) in [6, 6.07) is 0. The van der Waals surface area contributed by atoms with Crippen molar-refractivity contribution in [2.24, 2.45) is 5.92 Å². The zero-order chi connectivity index (χ0) is 8.10. The minimum Gasteiger partial charge on any atom is -0.105 e. The first-order chi connectivity index (χ1) is 5.29. The van der Waals surface area contributed by atoms with Gasteiger partial charge in [-0.2, -0.15) is 0 Å². The molecule has 0 heterocycles. The molecule has 0 N–H and O–H groups in total. The van der Waals surface area contributed by atoms with E-state index >= 15 is 0 Å². The van der Waals surface area contributed by atoms with Crippen molar-refractivity contribution in [3.05, 3.63) is 0 Å². The molecule has 1 aliphatic rings. The van der Waals surface area contributed by atoms with Crippen LogP contribution in [0.1, 0.15) is 44.9 Å². The monoisotopic (exact) mass is 194 g/mol. The van der Waals surface area contributed by atoms with Crippen molar-refractivity contribution in [2.45, 2.75) is 49.8 Å². The Kier molecular flexibility index (Phi) is 4.63. The molecule has 0 bridgehead atoms. The topological polar surface area (TPSA) is 0 Å². The normalized spacial score (nSPS) is 17.7. The maximum atomic E-state index is 5.60. The van der Waals surface area contributed by atoms with Crippen LogP contribution in [0.4, 0.5) is 0 Å². The summed E-state index contributed by atoms with van der Waals surface area (Å²) in [6.45, 7) is 0. The predicted molar refractivity (Wildman–Crippen MR) is 51.3 cm³/mol.